The number of nitrogens with zero attached hydrogens (tertiary/aromatic N) is 1. The van der Waals surface area contributed by atoms with Gasteiger partial charge in [-0.2, -0.15) is 0 Å². The van der Waals surface area contributed by atoms with Gasteiger partial charge in [-0.05, 0) is 30.5 Å². The summed E-state index contributed by atoms with van der Waals surface area (Å²) in [6, 6.07) is 5.67. The maximum absolute atomic E-state index is 6.04. The molecule has 4 nitrogen and oxygen atoms in total. The van der Waals surface area contributed by atoms with Crippen LogP contribution in [0, 0.1) is 12.8 Å². The van der Waals surface area contributed by atoms with Gasteiger partial charge >= 0.3 is 0 Å². The van der Waals surface area contributed by atoms with Gasteiger partial charge < -0.3 is 5.32 Å². The molecule has 1 rings (SSSR count). The van der Waals surface area contributed by atoms with Crippen LogP contribution in [0.5, 0.6) is 0 Å². The molecule has 1 aromatic rings. The summed E-state index contributed by atoms with van der Waals surface area (Å²) in [6.45, 7) is 6.86. The predicted octanol–water partition coefficient (Wildman–Crippen LogP) is 2.54. The number of guanidine groups is 1. The van der Waals surface area contributed by atoms with Crippen LogP contribution < -0.4 is 16.6 Å². The highest BCUT2D eigenvalue weighted by Gasteiger charge is 2.04. The Bertz CT molecular complexity index is 401. The number of nitrogens with two attached hydrogens (primary N) is 1. The van der Waals surface area contributed by atoms with Crippen LogP contribution in [0.1, 0.15) is 19.4 Å². The first-order valence-electron chi connectivity index (χ1n) is 5.57. The zero-order chi connectivity index (χ0) is 12.8. The maximum atomic E-state index is 6.04. The van der Waals surface area contributed by atoms with Crippen LogP contribution in [0.25, 0.3) is 0 Å². The molecule has 0 saturated carbocycles. The first-order valence-corrected chi connectivity index (χ1v) is 5.95. The number of rotatable bonds is 3. The Balaban J connectivity index is 2.81. The minimum absolute atomic E-state index is 0.487. The Morgan fingerprint density at radius 1 is 1.47 bits per heavy atom. The third kappa shape index (κ3) is 4.24. The molecule has 94 valence electrons. The van der Waals surface area contributed by atoms with Gasteiger partial charge in [0.2, 0.25) is 5.96 Å². The molecule has 0 unspecified atom stereocenters. The number of halogens is 1. The van der Waals surface area contributed by atoms with Crippen molar-refractivity contribution in [3.05, 3.63) is 28.8 Å². The van der Waals surface area contributed by atoms with E-state index in [2.05, 4.69) is 29.6 Å². The molecule has 0 aliphatic rings. The topological polar surface area (TPSA) is 62.4 Å². The SMILES string of the molecule is Cc1c(Cl)cccc1NC(=NCC(C)C)NN. The maximum Gasteiger partial charge on any atom is 0.210 e. The van der Waals surface area contributed by atoms with E-state index in [0.29, 0.717) is 18.4 Å². The number of nitrogens with one attached hydrogen (secondary N) is 2. The minimum atomic E-state index is 0.487. The zero-order valence-electron chi connectivity index (χ0n) is 10.4. The Labute approximate surface area is 107 Å². The van der Waals surface area contributed by atoms with E-state index in [9.17, 15) is 0 Å². The van der Waals surface area contributed by atoms with Crippen molar-refractivity contribution in [3.63, 3.8) is 0 Å². The van der Waals surface area contributed by atoms with E-state index in [4.69, 9.17) is 17.4 Å². The lowest BCUT2D eigenvalue weighted by Crippen LogP contribution is -2.36. The lowest BCUT2D eigenvalue weighted by molar-refractivity contribution is 0.663. The third-order valence-electron chi connectivity index (χ3n) is 2.27. The molecule has 0 aliphatic carbocycles. The van der Waals surface area contributed by atoms with E-state index >= 15 is 0 Å². The van der Waals surface area contributed by atoms with Gasteiger partial charge in [-0.25, -0.2) is 5.84 Å². The molecule has 0 aliphatic heterocycles. The van der Waals surface area contributed by atoms with Crippen molar-refractivity contribution in [2.45, 2.75) is 20.8 Å². The van der Waals surface area contributed by atoms with Crippen LogP contribution in [0.2, 0.25) is 5.02 Å². The van der Waals surface area contributed by atoms with Crippen LogP contribution in [0.15, 0.2) is 23.2 Å². The summed E-state index contributed by atoms with van der Waals surface area (Å²) < 4.78 is 0. The molecule has 1 aromatic carbocycles. The third-order valence-corrected chi connectivity index (χ3v) is 2.68. The second-order valence-electron chi connectivity index (χ2n) is 4.26. The zero-order valence-corrected chi connectivity index (χ0v) is 11.2. The molecule has 0 fully saturated rings. The molecule has 4 N–H and O–H groups in total. The number of hydrogen-bond donors (Lipinski definition) is 3. The molecule has 0 aromatic heterocycles. The van der Waals surface area contributed by atoms with Crippen LogP contribution in [-0.4, -0.2) is 12.5 Å². The standard InChI is InChI=1S/C12H19ClN4/c1-8(2)7-15-12(17-14)16-11-6-4-5-10(13)9(11)3/h4-6,8H,7,14H2,1-3H3,(H2,15,16,17). The number of hydrazine groups is 1. The van der Waals surface area contributed by atoms with Gasteiger partial charge in [0.15, 0.2) is 0 Å². The average molecular weight is 255 g/mol. The Morgan fingerprint density at radius 2 is 2.18 bits per heavy atom. The van der Waals surface area contributed by atoms with E-state index in [1.54, 1.807) is 0 Å². The van der Waals surface area contributed by atoms with Gasteiger partial charge in [-0.1, -0.05) is 31.5 Å². The van der Waals surface area contributed by atoms with E-state index in [1.165, 1.54) is 0 Å². The summed E-state index contributed by atoms with van der Waals surface area (Å²) in [5, 5.41) is 3.84. The monoisotopic (exact) mass is 254 g/mol. The van der Waals surface area contributed by atoms with E-state index in [0.717, 1.165) is 16.3 Å². The Hall–Kier alpha value is -1.26. The number of benzene rings is 1. The summed E-state index contributed by atoms with van der Waals surface area (Å²) in [5.41, 5.74) is 4.42. The molecule has 0 spiro atoms. The lowest BCUT2D eigenvalue weighted by Gasteiger charge is -2.12. The van der Waals surface area contributed by atoms with Gasteiger partial charge in [-0.15, -0.1) is 0 Å². The minimum Gasteiger partial charge on any atom is -0.325 e. The molecule has 0 radical (unpaired) electrons. The predicted molar refractivity (Wildman–Crippen MR) is 74.3 cm³/mol. The van der Waals surface area contributed by atoms with Gasteiger partial charge in [-0.3, -0.25) is 10.4 Å². The van der Waals surface area contributed by atoms with Crippen molar-refractivity contribution in [1.29, 1.82) is 0 Å². The van der Waals surface area contributed by atoms with Gasteiger partial charge in [0.25, 0.3) is 0 Å². The fourth-order valence-corrected chi connectivity index (χ4v) is 1.44. The fraction of sp³-hybridized carbons (Fsp3) is 0.417. The summed E-state index contributed by atoms with van der Waals surface area (Å²) >= 11 is 6.04. The highest BCUT2D eigenvalue weighted by atomic mass is 35.5. The number of hydrogen-bond acceptors (Lipinski definition) is 2. The summed E-state index contributed by atoms with van der Waals surface area (Å²) in [7, 11) is 0. The Kier molecular flexibility index (Phi) is 5.25. The fourth-order valence-electron chi connectivity index (χ4n) is 1.27. The second kappa shape index (κ2) is 6.47. The van der Waals surface area contributed by atoms with Crippen molar-refractivity contribution < 1.29 is 0 Å². The van der Waals surface area contributed by atoms with Crippen molar-refractivity contribution in [2.24, 2.45) is 16.8 Å². The highest BCUT2D eigenvalue weighted by molar-refractivity contribution is 6.31. The van der Waals surface area contributed by atoms with Crippen molar-refractivity contribution in [3.8, 4) is 0 Å². The molecule has 0 amide bonds. The summed E-state index contributed by atoms with van der Waals surface area (Å²) in [5.74, 6) is 6.45. The second-order valence-corrected chi connectivity index (χ2v) is 4.67. The van der Waals surface area contributed by atoms with Crippen LogP contribution >= 0.6 is 11.6 Å². The molecule has 0 bridgehead atoms. The Morgan fingerprint density at radius 3 is 2.76 bits per heavy atom. The quantitative estimate of drug-likeness (QED) is 0.336. The molecule has 0 heterocycles. The largest absolute Gasteiger partial charge is 0.325 e. The van der Waals surface area contributed by atoms with E-state index in [1.807, 2.05) is 25.1 Å². The van der Waals surface area contributed by atoms with Crippen molar-refractivity contribution >= 4 is 23.2 Å². The van der Waals surface area contributed by atoms with Gasteiger partial charge in [0.1, 0.15) is 0 Å². The number of anilines is 1. The van der Waals surface area contributed by atoms with Crippen molar-refractivity contribution in [1.82, 2.24) is 5.43 Å². The highest BCUT2D eigenvalue weighted by Crippen LogP contribution is 2.22. The molecule has 0 atom stereocenters. The van der Waals surface area contributed by atoms with Crippen molar-refractivity contribution in [2.75, 3.05) is 11.9 Å². The van der Waals surface area contributed by atoms with E-state index in [-0.39, 0.29) is 0 Å². The molecule has 0 saturated heterocycles. The molecule has 5 heteroatoms. The normalized spacial score (nSPS) is 11.8. The summed E-state index contributed by atoms with van der Waals surface area (Å²) in [6.07, 6.45) is 0. The van der Waals surface area contributed by atoms with Crippen LogP contribution in [0.4, 0.5) is 5.69 Å². The van der Waals surface area contributed by atoms with Crippen LogP contribution in [-0.2, 0) is 0 Å². The van der Waals surface area contributed by atoms with Gasteiger partial charge in [0.05, 0.1) is 0 Å². The molecular weight excluding hydrogens is 236 g/mol. The van der Waals surface area contributed by atoms with E-state index < -0.39 is 0 Å². The van der Waals surface area contributed by atoms with Crippen LogP contribution in [0.3, 0.4) is 0 Å². The lowest BCUT2D eigenvalue weighted by atomic mass is 10.2. The first kappa shape index (κ1) is 13.8. The average Bonchev–Trinajstić information content (AvgIpc) is 2.29. The molecule has 17 heavy (non-hydrogen) atoms. The summed E-state index contributed by atoms with van der Waals surface area (Å²) in [4.78, 5) is 4.33. The van der Waals surface area contributed by atoms with Gasteiger partial charge in [0, 0.05) is 17.3 Å². The molecular formula is C12H19ClN4. The first-order chi connectivity index (χ1) is 8.04. The number of aliphatic imine (C=N–C) groups is 1. The smallest absolute Gasteiger partial charge is 0.210 e.